The smallest absolute Gasteiger partial charge is 0.410 e. The Balaban J connectivity index is 2.01. The Labute approximate surface area is 149 Å². The first-order valence-corrected chi connectivity index (χ1v) is 8.93. The quantitative estimate of drug-likeness (QED) is 0.887. The van der Waals surface area contributed by atoms with Gasteiger partial charge in [-0.1, -0.05) is 30.3 Å². The van der Waals surface area contributed by atoms with E-state index in [-0.39, 0.29) is 30.7 Å². The van der Waals surface area contributed by atoms with Gasteiger partial charge in [0.05, 0.1) is 12.1 Å². The second kappa shape index (κ2) is 8.85. The first-order valence-electron chi connectivity index (χ1n) is 8.93. The Hall–Kier alpha value is -2.08. The minimum absolute atomic E-state index is 0.00127. The lowest BCUT2D eigenvalue weighted by atomic mass is 10.0. The molecule has 25 heavy (non-hydrogen) atoms. The SMILES string of the molecule is CC(C)N(C(=O)OCc1ccccc1)[C@@H]1CCCN(C(=O)[C@H](C)N)C1. The van der Waals surface area contributed by atoms with Crippen LogP contribution in [0, 0.1) is 0 Å². The van der Waals surface area contributed by atoms with Crippen LogP contribution in [0.3, 0.4) is 0 Å². The van der Waals surface area contributed by atoms with E-state index in [1.54, 1.807) is 16.7 Å². The molecule has 0 spiro atoms. The van der Waals surface area contributed by atoms with Crippen molar-refractivity contribution in [1.29, 1.82) is 0 Å². The van der Waals surface area contributed by atoms with Crippen molar-refractivity contribution in [1.82, 2.24) is 9.80 Å². The molecule has 6 nitrogen and oxygen atoms in total. The number of carbonyl (C=O) groups is 2. The van der Waals surface area contributed by atoms with Gasteiger partial charge in [0.15, 0.2) is 0 Å². The van der Waals surface area contributed by atoms with E-state index >= 15 is 0 Å². The Morgan fingerprint density at radius 3 is 2.56 bits per heavy atom. The predicted molar refractivity (Wildman–Crippen MR) is 96.9 cm³/mol. The van der Waals surface area contributed by atoms with Crippen LogP contribution in [0.1, 0.15) is 39.2 Å². The third kappa shape index (κ3) is 5.19. The fourth-order valence-electron chi connectivity index (χ4n) is 3.25. The summed E-state index contributed by atoms with van der Waals surface area (Å²) in [4.78, 5) is 28.3. The molecule has 1 fully saturated rings. The Morgan fingerprint density at radius 2 is 1.96 bits per heavy atom. The first kappa shape index (κ1) is 19.2. The van der Waals surface area contributed by atoms with Gasteiger partial charge in [-0.15, -0.1) is 0 Å². The average Bonchev–Trinajstić information content (AvgIpc) is 2.60. The van der Waals surface area contributed by atoms with Crippen LogP contribution in [0.5, 0.6) is 0 Å². The van der Waals surface area contributed by atoms with Gasteiger partial charge in [-0.2, -0.15) is 0 Å². The zero-order valence-electron chi connectivity index (χ0n) is 15.4. The van der Waals surface area contributed by atoms with Crippen LogP contribution in [0.15, 0.2) is 30.3 Å². The number of piperidine rings is 1. The number of rotatable bonds is 5. The second-order valence-electron chi connectivity index (χ2n) is 6.91. The van der Waals surface area contributed by atoms with Gasteiger partial charge in [0.2, 0.25) is 5.91 Å². The average molecular weight is 347 g/mol. The molecule has 1 aromatic rings. The minimum Gasteiger partial charge on any atom is -0.445 e. The summed E-state index contributed by atoms with van der Waals surface area (Å²) in [7, 11) is 0. The fourth-order valence-corrected chi connectivity index (χ4v) is 3.25. The van der Waals surface area contributed by atoms with E-state index in [1.165, 1.54) is 0 Å². The Morgan fingerprint density at radius 1 is 1.28 bits per heavy atom. The molecule has 1 aliphatic heterocycles. The maximum Gasteiger partial charge on any atom is 0.410 e. The van der Waals surface area contributed by atoms with Gasteiger partial charge in [-0.25, -0.2) is 4.79 Å². The third-order valence-corrected chi connectivity index (χ3v) is 4.46. The largest absolute Gasteiger partial charge is 0.445 e. The van der Waals surface area contributed by atoms with E-state index in [1.807, 2.05) is 44.2 Å². The number of hydrogen-bond donors (Lipinski definition) is 1. The van der Waals surface area contributed by atoms with Gasteiger partial charge in [-0.05, 0) is 39.2 Å². The second-order valence-corrected chi connectivity index (χ2v) is 6.91. The molecule has 0 unspecified atom stereocenters. The van der Waals surface area contributed by atoms with Crippen LogP contribution < -0.4 is 5.73 Å². The molecule has 0 aliphatic carbocycles. The summed E-state index contributed by atoms with van der Waals surface area (Å²) < 4.78 is 5.51. The van der Waals surface area contributed by atoms with Crippen molar-refractivity contribution < 1.29 is 14.3 Å². The van der Waals surface area contributed by atoms with E-state index in [0.717, 1.165) is 18.4 Å². The Bertz CT molecular complexity index is 575. The standard InChI is InChI=1S/C19H29N3O3/c1-14(2)22(19(24)25-13-16-8-5-4-6-9-16)17-10-7-11-21(12-17)18(23)15(3)20/h4-6,8-9,14-15,17H,7,10-13,20H2,1-3H3/t15-,17+/m0/s1. The van der Waals surface area contributed by atoms with Crippen LogP contribution in [0.4, 0.5) is 4.79 Å². The van der Waals surface area contributed by atoms with E-state index in [9.17, 15) is 9.59 Å². The minimum atomic E-state index is -0.517. The topological polar surface area (TPSA) is 75.9 Å². The van der Waals surface area contributed by atoms with Crippen molar-refractivity contribution in [3.05, 3.63) is 35.9 Å². The van der Waals surface area contributed by atoms with E-state index < -0.39 is 6.04 Å². The number of amides is 2. The van der Waals surface area contributed by atoms with Crippen LogP contribution in [-0.4, -0.2) is 53.0 Å². The van der Waals surface area contributed by atoms with E-state index in [4.69, 9.17) is 10.5 Å². The summed E-state index contributed by atoms with van der Waals surface area (Å²) in [5.74, 6) is -0.0638. The number of likely N-dealkylation sites (tertiary alicyclic amines) is 1. The van der Waals surface area contributed by atoms with Crippen molar-refractivity contribution in [2.75, 3.05) is 13.1 Å². The van der Waals surface area contributed by atoms with Crippen LogP contribution in [0.25, 0.3) is 0 Å². The lowest BCUT2D eigenvalue weighted by Gasteiger charge is -2.41. The molecule has 0 radical (unpaired) electrons. The van der Waals surface area contributed by atoms with Gasteiger partial charge >= 0.3 is 6.09 Å². The van der Waals surface area contributed by atoms with Gasteiger partial charge in [-0.3, -0.25) is 4.79 Å². The highest BCUT2D eigenvalue weighted by Crippen LogP contribution is 2.20. The van der Waals surface area contributed by atoms with Crippen LogP contribution in [-0.2, 0) is 16.1 Å². The molecule has 0 saturated carbocycles. The number of carbonyl (C=O) groups excluding carboxylic acids is 2. The number of hydrogen-bond acceptors (Lipinski definition) is 4. The third-order valence-electron chi connectivity index (χ3n) is 4.46. The van der Waals surface area contributed by atoms with Crippen LogP contribution >= 0.6 is 0 Å². The molecule has 1 aliphatic rings. The van der Waals surface area contributed by atoms with Crippen molar-refractivity contribution in [3.8, 4) is 0 Å². The molecule has 1 aromatic carbocycles. The van der Waals surface area contributed by atoms with Gasteiger partial charge in [0, 0.05) is 19.1 Å². The van der Waals surface area contributed by atoms with Gasteiger partial charge in [0.25, 0.3) is 0 Å². The van der Waals surface area contributed by atoms with Crippen LogP contribution in [0.2, 0.25) is 0 Å². The molecule has 1 heterocycles. The molecule has 2 amide bonds. The molecule has 1 saturated heterocycles. The first-order chi connectivity index (χ1) is 11.9. The van der Waals surface area contributed by atoms with Crippen molar-refractivity contribution in [2.45, 2.75) is 58.3 Å². The lowest BCUT2D eigenvalue weighted by Crippen LogP contribution is -2.56. The molecule has 138 valence electrons. The molecule has 2 atom stereocenters. The summed E-state index contributed by atoms with van der Waals surface area (Å²) in [6, 6.07) is 9.06. The summed E-state index contributed by atoms with van der Waals surface area (Å²) in [6.07, 6.45) is 1.39. The number of benzene rings is 1. The number of nitrogens with zero attached hydrogens (tertiary/aromatic N) is 2. The van der Waals surface area contributed by atoms with Gasteiger partial charge in [0.1, 0.15) is 6.61 Å². The monoisotopic (exact) mass is 347 g/mol. The van der Waals surface area contributed by atoms with Crippen molar-refractivity contribution in [2.24, 2.45) is 5.73 Å². The highest BCUT2D eigenvalue weighted by atomic mass is 16.6. The van der Waals surface area contributed by atoms with E-state index in [2.05, 4.69) is 0 Å². The molecule has 2 N–H and O–H groups in total. The molecule has 0 aromatic heterocycles. The molecule has 6 heteroatoms. The number of nitrogens with two attached hydrogens (primary N) is 1. The predicted octanol–water partition coefficient (Wildman–Crippen LogP) is 2.37. The fraction of sp³-hybridized carbons (Fsp3) is 0.579. The summed E-state index contributed by atoms with van der Waals surface area (Å²) in [5.41, 5.74) is 6.68. The zero-order chi connectivity index (χ0) is 18.4. The normalized spacial score (nSPS) is 18.8. The summed E-state index contributed by atoms with van der Waals surface area (Å²) in [5, 5.41) is 0. The molecular formula is C19H29N3O3. The molecule has 2 rings (SSSR count). The number of ether oxygens (including phenoxy) is 1. The van der Waals surface area contributed by atoms with Crippen molar-refractivity contribution >= 4 is 12.0 Å². The summed E-state index contributed by atoms with van der Waals surface area (Å²) >= 11 is 0. The molecule has 0 bridgehead atoms. The maximum atomic E-state index is 12.6. The highest BCUT2D eigenvalue weighted by Gasteiger charge is 2.33. The zero-order valence-corrected chi connectivity index (χ0v) is 15.4. The van der Waals surface area contributed by atoms with Gasteiger partial charge < -0.3 is 20.3 Å². The van der Waals surface area contributed by atoms with E-state index in [0.29, 0.717) is 13.1 Å². The lowest BCUT2D eigenvalue weighted by molar-refractivity contribution is -0.134. The molecular weight excluding hydrogens is 318 g/mol. The Kier molecular flexibility index (Phi) is 6.82. The maximum absolute atomic E-state index is 12.6. The van der Waals surface area contributed by atoms with Crippen molar-refractivity contribution in [3.63, 3.8) is 0 Å². The highest BCUT2D eigenvalue weighted by molar-refractivity contribution is 5.81. The summed E-state index contributed by atoms with van der Waals surface area (Å²) in [6.45, 7) is 7.09.